The van der Waals surface area contributed by atoms with E-state index >= 15 is 0 Å². The third-order valence-electron chi connectivity index (χ3n) is 8.62. The maximum Gasteiger partial charge on any atom is 0.251 e. The Kier molecular flexibility index (Phi) is 8.23. The smallest absolute Gasteiger partial charge is 0.251 e. The topological polar surface area (TPSA) is 101 Å². The second kappa shape index (κ2) is 12.3. The molecule has 0 unspecified atom stereocenters. The summed E-state index contributed by atoms with van der Waals surface area (Å²) in [4.78, 5) is 34.4. The molecule has 1 saturated carbocycles. The Balaban J connectivity index is 1.16. The van der Waals surface area contributed by atoms with Gasteiger partial charge in [-0.3, -0.25) is 9.59 Å². The van der Waals surface area contributed by atoms with Gasteiger partial charge >= 0.3 is 0 Å². The summed E-state index contributed by atoms with van der Waals surface area (Å²) < 4.78 is 6.34. The van der Waals surface area contributed by atoms with Crippen LogP contribution in [0.5, 0.6) is 11.5 Å². The monoisotopic (exact) mass is 554 g/mol. The van der Waals surface area contributed by atoms with Crippen LogP contribution in [0.25, 0.3) is 11.3 Å². The normalized spacial score (nSPS) is 18.7. The number of carbonyl (C=O) groups is 2. The highest BCUT2D eigenvalue weighted by Crippen LogP contribution is 2.31. The molecule has 0 atom stereocenters. The van der Waals surface area contributed by atoms with Crippen LogP contribution in [0.3, 0.4) is 0 Å². The first-order chi connectivity index (χ1) is 20.0. The first-order valence-corrected chi connectivity index (χ1v) is 14.9. The molecule has 2 aliphatic heterocycles. The Morgan fingerprint density at radius 2 is 1.76 bits per heavy atom. The zero-order chi connectivity index (χ0) is 28.2. The molecule has 1 aliphatic carbocycles. The number of amides is 2. The summed E-state index contributed by atoms with van der Waals surface area (Å²) in [7, 11) is 0. The lowest BCUT2D eigenvalue weighted by Gasteiger charge is -2.36. The van der Waals surface area contributed by atoms with Crippen molar-refractivity contribution >= 4 is 11.8 Å². The number of hydrogen-bond donors (Lipinski definition) is 1. The molecule has 0 bridgehead atoms. The van der Waals surface area contributed by atoms with Crippen molar-refractivity contribution in [3.8, 4) is 22.8 Å². The number of ether oxygens (including phenoxy) is 1. The highest BCUT2D eigenvalue weighted by Gasteiger charge is 2.28. The first kappa shape index (κ1) is 27.3. The summed E-state index contributed by atoms with van der Waals surface area (Å²) in [5, 5.41) is 11.5. The average Bonchev–Trinajstić information content (AvgIpc) is 3.68. The molecule has 1 N–H and O–H groups in total. The van der Waals surface area contributed by atoms with Crippen LogP contribution in [0.2, 0.25) is 0 Å². The van der Waals surface area contributed by atoms with Crippen molar-refractivity contribution in [1.29, 1.82) is 0 Å². The largest absolute Gasteiger partial charge is 0.457 e. The molecule has 9 nitrogen and oxygen atoms in total. The van der Waals surface area contributed by atoms with Gasteiger partial charge in [0.1, 0.15) is 23.0 Å². The maximum absolute atomic E-state index is 13.3. The number of nitrogens with one attached hydrogen (secondary N) is 1. The van der Waals surface area contributed by atoms with Gasteiger partial charge in [-0.1, -0.05) is 18.9 Å². The minimum atomic E-state index is -0.0845. The van der Waals surface area contributed by atoms with Crippen molar-refractivity contribution in [2.24, 2.45) is 0 Å². The highest BCUT2D eigenvalue weighted by atomic mass is 16.5. The van der Waals surface area contributed by atoms with Crippen molar-refractivity contribution in [2.45, 2.75) is 76.9 Å². The summed E-state index contributed by atoms with van der Waals surface area (Å²) in [6.07, 6.45) is 10.4. The Labute approximate surface area is 241 Å². The van der Waals surface area contributed by atoms with Gasteiger partial charge in [-0.05, 0) is 75.4 Å². The molecule has 3 aliphatic rings. The summed E-state index contributed by atoms with van der Waals surface area (Å²) in [5.74, 6) is 1.90. The van der Waals surface area contributed by atoms with E-state index in [1.165, 1.54) is 25.7 Å². The van der Waals surface area contributed by atoms with Crippen LogP contribution in [-0.4, -0.2) is 68.5 Å². The van der Waals surface area contributed by atoms with Crippen LogP contribution in [0.4, 0.5) is 0 Å². The molecule has 3 aromatic rings. The van der Waals surface area contributed by atoms with Gasteiger partial charge in [0.05, 0.1) is 6.20 Å². The van der Waals surface area contributed by atoms with E-state index in [0.29, 0.717) is 41.5 Å². The summed E-state index contributed by atoms with van der Waals surface area (Å²) in [6.45, 7) is 5.09. The van der Waals surface area contributed by atoms with Crippen LogP contribution >= 0.6 is 0 Å². The third kappa shape index (κ3) is 6.56. The van der Waals surface area contributed by atoms with Crippen LogP contribution in [0, 0.1) is 6.92 Å². The first-order valence-electron chi connectivity index (χ1n) is 14.9. The third-order valence-corrected chi connectivity index (χ3v) is 8.62. The molecule has 3 heterocycles. The SMILES string of the molecule is Cc1ncc(-c2ccc(Oc3cc(C(=O)NC4CCN(C5CCCC5)CC4)ccc3CN3CCCC3=O)cc2)nn1. The van der Waals surface area contributed by atoms with Crippen molar-refractivity contribution in [1.82, 2.24) is 30.3 Å². The maximum atomic E-state index is 13.3. The van der Waals surface area contributed by atoms with Gasteiger partial charge in [0.25, 0.3) is 5.91 Å². The van der Waals surface area contributed by atoms with Crippen molar-refractivity contribution < 1.29 is 14.3 Å². The van der Waals surface area contributed by atoms with Gasteiger partial charge in [-0.2, -0.15) is 0 Å². The predicted molar refractivity (Wildman–Crippen MR) is 155 cm³/mol. The van der Waals surface area contributed by atoms with Gasteiger partial charge in [-0.25, -0.2) is 4.98 Å². The fourth-order valence-corrected chi connectivity index (χ4v) is 6.23. The van der Waals surface area contributed by atoms with E-state index in [-0.39, 0.29) is 17.9 Å². The molecule has 3 fully saturated rings. The molecule has 0 radical (unpaired) electrons. The summed E-state index contributed by atoms with van der Waals surface area (Å²) in [5.41, 5.74) is 3.00. The minimum absolute atomic E-state index is 0.0845. The van der Waals surface area contributed by atoms with E-state index < -0.39 is 0 Å². The molecule has 41 heavy (non-hydrogen) atoms. The van der Waals surface area contributed by atoms with Gasteiger partial charge in [0.2, 0.25) is 5.91 Å². The molecule has 1 aromatic heterocycles. The van der Waals surface area contributed by atoms with E-state index in [2.05, 4.69) is 25.4 Å². The van der Waals surface area contributed by atoms with Crippen molar-refractivity contribution in [2.75, 3.05) is 19.6 Å². The second-order valence-corrected chi connectivity index (χ2v) is 11.5. The zero-order valence-corrected chi connectivity index (χ0v) is 23.7. The molecule has 9 heteroatoms. The number of likely N-dealkylation sites (tertiary alicyclic amines) is 2. The van der Waals surface area contributed by atoms with Gasteiger partial charge in [0, 0.05) is 61.4 Å². The van der Waals surface area contributed by atoms with Crippen molar-refractivity contribution in [3.63, 3.8) is 0 Å². The van der Waals surface area contributed by atoms with E-state index in [1.54, 1.807) is 13.1 Å². The molecule has 2 amide bonds. The Bertz CT molecular complexity index is 1360. The fraction of sp³-hybridized carbons (Fsp3) is 0.469. The fourth-order valence-electron chi connectivity index (χ4n) is 6.23. The molecule has 214 valence electrons. The lowest BCUT2D eigenvalue weighted by atomic mass is 10.0. The molecule has 2 aromatic carbocycles. The van der Waals surface area contributed by atoms with E-state index in [0.717, 1.165) is 56.1 Å². The number of hydrogen-bond acceptors (Lipinski definition) is 7. The second-order valence-electron chi connectivity index (χ2n) is 11.5. The van der Waals surface area contributed by atoms with Crippen LogP contribution in [-0.2, 0) is 11.3 Å². The quantitative estimate of drug-likeness (QED) is 0.423. The van der Waals surface area contributed by atoms with Crippen LogP contribution in [0.1, 0.15) is 73.1 Å². The number of benzene rings is 2. The average molecular weight is 555 g/mol. The van der Waals surface area contributed by atoms with Gasteiger partial charge in [0.15, 0.2) is 0 Å². The number of aryl methyl sites for hydroxylation is 1. The summed E-state index contributed by atoms with van der Waals surface area (Å²) >= 11 is 0. The van der Waals surface area contributed by atoms with Crippen LogP contribution < -0.4 is 10.1 Å². The number of piperidine rings is 1. The minimum Gasteiger partial charge on any atom is -0.457 e. The Morgan fingerprint density at radius 1 is 0.976 bits per heavy atom. The Morgan fingerprint density at radius 3 is 2.44 bits per heavy atom. The predicted octanol–water partition coefficient (Wildman–Crippen LogP) is 4.90. The molecule has 2 saturated heterocycles. The van der Waals surface area contributed by atoms with E-state index in [4.69, 9.17) is 4.74 Å². The van der Waals surface area contributed by atoms with Crippen molar-refractivity contribution in [3.05, 3.63) is 65.6 Å². The number of nitrogens with zero attached hydrogens (tertiary/aromatic N) is 5. The summed E-state index contributed by atoms with van der Waals surface area (Å²) in [6, 6.07) is 14.0. The molecule has 6 rings (SSSR count). The molecular formula is C32H38N6O3. The molecular weight excluding hydrogens is 516 g/mol. The zero-order valence-electron chi connectivity index (χ0n) is 23.7. The number of aromatic nitrogens is 3. The van der Waals surface area contributed by atoms with Crippen LogP contribution in [0.15, 0.2) is 48.7 Å². The van der Waals surface area contributed by atoms with Gasteiger partial charge < -0.3 is 19.9 Å². The van der Waals surface area contributed by atoms with E-state index in [9.17, 15) is 9.59 Å². The van der Waals surface area contributed by atoms with E-state index in [1.807, 2.05) is 47.4 Å². The standard InChI is InChI=1S/C32H38N6O3/c1-22-33-20-29(36-35-22)23-10-12-28(13-11-23)41-30-19-24(8-9-25(30)21-38-16-4-7-31(38)39)32(40)34-26-14-17-37(18-15-26)27-5-2-3-6-27/h8-13,19-20,26-27H,2-7,14-18,21H2,1H3,(H,34,40). The molecule has 0 spiro atoms. The number of rotatable bonds is 8. The highest BCUT2D eigenvalue weighted by molar-refractivity contribution is 5.95. The lowest BCUT2D eigenvalue weighted by Crippen LogP contribution is -2.47. The van der Waals surface area contributed by atoms with Gasteiger partial charge in [-0.15, -0.1) is 10.2 Å². The Hall–Kier alpha value is -3.85. The number of carbonyl (C=O) groups excluding carboxylic acids is 2. The lowest BCUT2D eigenvalue weighted by molar-refractivity contribution is -0.128.